The molecule has 0 saturated heterocycles. The van der Waals surface area contributed by atoms with Crippen molar-refractivity contribution in [2.75, 3.05) is 19.8 Å². The molecule has 31 heavy (non-hydrogen) atoms. The minimum atomic E-state index is -7.86. The Morgan fingerprint density at radius 2 is 0.871 bits per heavy atom. The first-order chi connectivity index (χ1) is 13.6. The van der Waals surface area contributed by atoms with Crippen LogP contribution in [0, 0.1) is 0 Å². The summed E-state index contributed by atoms with van der Waals surface area (Å²) in [5.41, 5.74) is 0. The van der Waals surface area contributed by atoms with Crippen LogP contribution in [0.4, 0.5) is 57.1 Å². The van der Waals surface area contributed by atoms with Crippen LogP contribution in [0.3, 0.4) is 0 Å². The summed E-state index contributed by atoms with van der Waals surface area (Å²) in [4.78, 5) is 0. The van der Waals surface area contributed by atoms with Crippen LogP contribution in [-0.4, -0.2) is 59.2 Å². The number of halogens is 13. The third-order valence-corrected chi connectivity index (χ3v) is 11.5. The summed E-state index contributed by atoms with van der Waals surface area (Å²) in [6, 6.07) is 0. The Kier molecular flexibility index (Phi) is 9.56. The zero-order valence-electron chi connectivity index (χ0n) is 16.3. The van der Waals surface area contributed by atoms with Gasteiger partial charge in [-0.3, -0.25) is 0 Å². The molecule has 0 N–H and O–H groups in total. The van der Waals surface area contributed by atoms with E-state index in [2.05, 4.69) is 8.44 Å². The summed E-state index contributed by atoms with van der Waals surface area (Å²) in [7, 11) is 0. The Balaban J connectivity index is 6.85. The van der Waals surface area contributed by atoms with Crippen LogP contribution < -0.4 is 0 Å². The molecule has 0 rings (SSSR count). The van der Waals surface area contributed by atoms with Gasteiger partial charge in [-0.2, -0.15) is 0 Å². The van der Waals surface area contributed by atoms with Crippen molar-refractivity contribution in [3.8, 4) is 0 Å². The van der Waals surface area contributed by atoms with Gasteiger partial charge in [0, 0.05) is 0 Å². The molecule has 1 atom stereocenters. The number of hydrogen-bond acceptors (Lipinski definition) is 3. The van der Waals surface area contributed by atoms with Crippen molar-refractivity contribution in [2.45, 2.75) is 67.1 Å². The number of alkyl halides is 13. The molecule has 0 aliphatic rings. The molecule has 0 aromatic heterocycles. The van der Waals surface area contributed by atoms with Crippen molar-refractivity contribution < 1.29 is 87.1 Å². The minimum absolute atomic E-state index is 0.449. The molecule has 3 nitrogen and oxygen atoms in total. The van der Waals surface area contributed by atoms with Gasteiger partial charge in [0.15, 0.2) is 0 Å². The van der Waals surface area contributed by atoms with E-state index in [4.69, 9.17) is 0 Å². The van der Waals surface area contributed by atoms with Crippen molar-refractivity contribution in [3.63, 3.8) is 0 Å². The van der Waals surface area contributed by atoms with Gasteiger partial charge in [0.2, 0.25) is 0 Å². The van der Waals surface area contributed by atoms with E-state index in [9.17, 15) is 57.1 Å². The summed E-state index contributed by atoms with van der Waals surface area (Å²) >= 11 is -7.34. The Morgan fingerprint density at radius 3 is 1.13 bits per heavy atom. The zero-order chi connectivity index (χ0) is 25.3. The Bertz CT molecular complexity index is 581. The van der Waals surface area contributed by atoms with Gasteiger partial charge in [0.05, 0.1) is 0 Å². The van der Waals surface area contributed by atoms with E-state index in [1.807, 2.05) is 0 Å². The topological polar surface area (TPSA) is 27.7 Å². The third-order valence-electron chi connectivity index (χ3n) is 3.88. The molecule has 17 heteroatoms. The molecule has 0 fully saturated rings. The van der Waals surface area contributed by atoms with Gasteiger partial charge >= 0.3 is 174 Å². The molecule has 0 heterocycles. The molecule has 0 bridgehead atoms. The molecular formula is C14H19F13O3Zr. The molecule has 0 aliphatic heterocycles. The molecule has 0 spiro atoms. The predicted molar refractivity (Wildman–Crippen MR) is 75.1 cm³/mol. The van der Waals surface area contributed by atoms with Crippen LogP contribution >= 0.6 is 0 Å². The quantitative estimate of drug-likeness (QED) is 0.249. The second kappa shape index (κ2) is 9.61. The summed E-state index contributed by atoms with van der Waals surface area (Å²) < 4.78 is 186. The van der Waals surface area contributed by atoms with Crippen LogP contribution in [0.25, 0.3) is 0 Å². The van der Waals surface area contributed by atoms with Gasteiger partial charge in [-0.1, -0.05) is 0 Å². The third kappa shape index (κ3) is 4.49. The van der Waals surface area contributed by atoms with Crippen molar-refractivity contribution in [3.05, 3.63) is 0 Å². The molecule has 0 aromatic carbocycles. The molecular weight excluding hydrogens is 554 g/mol. The SMILES string of the molecule is CC[O][Zr]([O]CC)([O]CC)[C](F)(F)C(F)(F)C(F)(F)C(F)(F)C(F)(F)C(F)(F)C(C)F. The molecule has 0 radical (unpaired) electrons. The van der Waals surface area contributed by atoms with Gasteiger partial charge in [0.25, 0.3) is 0 Å². The molecule has 0 aromatic rings. The predicted octanol–water partition coefficient (Wildman–Crippen LogP) is 6.12. The van der Waals surface area contributed by atoms with Crippen LogP contribution in [0.1, 0.15) is 27.7 Å². The summed E-state index contributed by atoms with van der Waals surface area (Å²) in [6.45, 7) is -0.576. The molecule has 0 saturated carbocycles. The summed E-state index contributed by atoms with van der Waals surface area (Å²) in [5.74, 6) is -37.3. The van der Waals surface area contributed by atoms with Gasteiger partial charge in [0.1, 0.15) is 0 Å². The van der Waals surface area contributed by atoms with Gasteiger partial charge in [-0.25, -0.2) is 0 Å². The van der Waals surface area contributed by atoms with E-state index in [1.54, 1.807) is 0 Å². The maximum atomic E-state index is 14.6. The normalized spacial score (nSPS) is 16.5. The van der Waals surface area contributed by atoms with E-state index in [1.165, 1.54) is 0 Å². The molecule has 0 amide bonds. The van der Waals surface area contributed by atoms with Crippen LogP contribution in [0.15, 0.2) is 0 Å². The molecule has 188 valence electrons. The second-order valence-electron chi connectivity index (χ2n) is 5.97. The second-order valence-corrected chi connectivity index (χ2v) is 12.4. The van der Waals surface area contributed by atoms with E-state index in [-0.39, 0.29) is 0 Å². The fourth-order valence-corrected chi connectivity index (χ4v) is 8.29. The van der Waals surface area contributed by atoms with E-state index in [0.29, 0.717) is 0 Å². The maximum absolute atomic E-state index is 14.6. The van der Waals surface area contributed by atoms with E-state index in [0.717, 1.165) is 20.8 Å². The zero-order valence-corrected chi connectivity index (χ0v) is 18.8. The van der Waals surface area contributed by atoms with Crippen LogP contribution in [-0.2, 0) is 30.0 Å². The first-order valence-corrected chi connectivity index (χ1v) is 12.7. The Hall–Kier alpha value is -0.147. The van der Waals surface area contributed by atoms with Crippen molar-refractivity contribution in [1.29, 1.82) is 0 Å². The molecule has 1 unspecified atom stereocenters. The van der Waals surface area contributed by atoms with Crippen molar-refractivity contribution >= 4 is 0 Å². The monoisotopic (exact) mass is 572 g/mol. The van der Waals surface area contributed by atoms with Gasteiger partial charge in [-0.05, 0) is 0 Å². The van der Waals surface area contributed by atoms with Gasteiger partial charge < -0.3 is 0 Å². The Labute approximate surface area is 174 Å². The van der Waals surface area contributed by atoms with Crippen LogP contribution in [0.2, 0.25) is 0 Å². The number of hydrogen-bond donors (Lipinski definition) is 0. The van der Waals surface area contributed by atoms with E-state index < -0.39 is 87.7 Å². The average molecular weight is 574 g/mol. The first kappa shape index (κ1) is 30.9. The molecule has 0 aliphatic carbocycles. The summed E-state index contributed by atoms with van der Waals surface area (Å²) in [5, 5.41) is 0. The average Bonchev–Trinajstić information content (AvgIpc) is 2.61. The van der Waals surface area contributed by atoms with Crippen molar-refractivity contribution in [2.24, 2.45) is 0 Å². The van der Waals surface area contributed by atoms with Gasteiger partial charge in [-0.15, -0.1) is 0 Å². The first-order valence-electron chi connectivity index (χ1n) is 8.45. The summed E-state index contributed by atoms with van der Waals surface area (Å²) in [6.07, 6.45) is -4.24. The number of rotatable bonds is 13. The van der Waals surface area contributed by atoms with Crippen LogP contribution in [0.5, 0.6) is 0 Å². The fourth-order valence-electron chi connectivity index (χ4n) is 2.21. The fraction of sp³-hybridized carbons (Fsp3) is 1.00. The standard InChI is InChI=1S/C8H4F13.3C2H5O.Zr/c1-2(9)4(12,13)6(16,17)8(20,21)7(18,19)5(14,15)3(10)11;3*1-2-3;/h2H,1H3;3*2H2,1H3;/q;3*-1;+3. The van der Waals surface area contributed by atoms with Crippen molar-refractivity contribution in [1.82, 2.24) is 0 Å². The van der Waals surface area contributed by atoms with E-state index >= 15 is 0 Å². The Morgan fingerprint density at radius 1 is 0.581 bits per heavy atom.